The molecule has 0 heterocycles. The Morgan fingerprint density at radius 1 is 1.06 bits per heavy atom. The van der Waals surface area contributed by atoms with E-state index in [4.69, 9.17) is 14.2 Å². The van der Waals surface area contributed by atoms with E-state index in [9.17, 15) is 19.1 Å². The highest BCUT2D eigenvalue weighted by molar-refractivity contribution is 7.98. The molecule has 0 radical (unpaired) electrons. The zero-order valence-corrected chi connectivity index (χ0v) is 20.6. The molecule has 0 bridgehead atoms. The van der Waals surface area contributed by atoms with Gasteiger partial charge in [-0.2, -0.15) is 0 Å². The van der Waals surface area contributed by atoms with E-state index in [0.29, 0.717) is 44.4 Å². The molecule has 0 saturated heterocycles. The third-order valence-electron chi connectivity index (χ3n) is 6.36. The van der Waals surface area contributed by atoms with Crippen molar-refractivity contribution in [1.82, 2.24) is 0 Å². The van der Waals surface area contributed by atoms with Crippen LogP contribution in [0, 0.1) is 5.82 Å². The lowest BCUT2D eigenvalue weighted by molar-refractivity contribution is -0.139. The summed E-state index contributed by atoms with van der Waals surface area (Å²) in [4.78, 5) is 26.2. The van der Waals surface area contributed by atoms with E-state index < -0.39 is 23.6 Å². The largest absolute Gasteiger partial charge is 0.493 e. The first-order valence-electron chi connectivity index (χ1n) is 10.9. The van der Waals surface area contributed by atoms with Crippen LogP contribution in [0.1, 0.15) is 28.5 Å². The molecule has 8 heteroatoms. The number of carboxylic acid groups (broad SMARTS) is 1. The smallest absolute Gasteiger partial charge is 0.311 e. The van der Waals surface area contributed by atoms with E-state index in [0.717, 1.165) is 5.56 Å². The monoisotopic (exact) mass is 496 g/mol. The van der Waals surface area contributed by atoms with Crippen molar-refractivity contribution in [2.24, 2.45) is 0 Å². The summed E-state index contributed by atoms with van der Waals surface area (Å²) >= 11 is 1.31. The fourth-order valence-corrected chi connectivity index (χ4v) is 5.35. The topological polar surface area (TPSA) is 82.1 Å². The first-order valence-corrected chi connectivity index (χ1v) is 12.1. The molecule has 1 N–H and O–H groups in total. The van der Waals surface area contributed by atoms with E-state index in [1.54, 1.807) is 18.2 Å². The third-order valence-corrected chi connectivity index (χ3v) is 7.14. The molecule has 0 aliphatic heterocycles. The van der Waals surface area contributed by atoms with Crippen molar-refractivity contribution in [2.45, 2.75) is 23.2 Å². The molecule has 2 atom stereocenters. The van der Waals surface area contributed by atoms with Gasteiger partial charge in [-0.05, 0) is 65.3 Å². The third kappa shape index (κ3) is 4.34. The van der Waals surface area contributed by atoms with Crippen LogP contribution in [0.2, 0.25) is 0 Å². The van der Waals surface area contributed by atoms with Crippen LogP contribution < -0.4 is 19.6 Å². The molecule has 0 amide bonds. The summed E-state index contributed by atoms with van der Waals surface area (Å²) in [6.45, 7) is 0. The molecule has 1 aliphatic rings. The van der Waals surface area contributed by atoms with E-state index in [2.05, 4.69) is 0 Å². The van der Waals surface area contributed by atoms with Crippen LogP contribution in [0.15, 0.2) is 58.2 Å². The summed E-state index contributed by atoms with van der Waals surface area (Å²) in [5.74, 6) is -2.08. The van der Waals surface area contributed by atoms with Gasteiger partial charge in [-0.25, -0.2) is 4.39 Å². The normalized spacial score (nSPS) is 14.9. The van der Waals surface area contributed by atoms with Crippen molar-refractivity contribution >= 4 is 17.7 Å². The highest BCUT2D eigenvalue weighted by Gasteiger charge is 2.38. The zero-order chi connectivity index (χ0) is 25.3. The van der Waals surface area contributed by atoms with Crippen molar-refractivity contribution < 1.29 is 28.5 Å². The van der Waals surface area contributed by atoms with Crippen molar-refractivity contribution in [2.75, 3.05) is 27.6 Å². The molecule has 3 aromatic rings. The van der Waals surface area contributed by atoms with Crippen LogP contribution in [0.25, 0.3) is 11.1 Å². The van der Waals surface area contributed by atoms with Crippen LogP contribution in [0.4, 0.5) is 4.39 Å². The maximum Gasteiger partial charge on any atom is 0.311 e. The predicted molar refractivity (Wildman–Crippen MR) is 133 cm³/mol. The fourth-order valence-electron chi connectivity index (χ4n) is 4.89. The lowest BCUT2D eigenvalue weighted by Crippen LogP contribution is -2.25. The fraction of sp³-hybridized carbons (Fsp3) is 0.259. The molecule has 0 fully saturated rings. The highest BCUT2D eigenvalue weighted by Crippen LogP contribution is 2.53. The second kappa shape index (κ2) is 10.00. The van der Waals surface area contributed by atoms with Crippen molar-refractivity contribution in [1.29, 1.82) is 0 Å². The lowest BCUT2D eigenvalue weighted by Gasteiger charge is -2.32. The van der Waals surface area contributed by atoms with Crippen LogP contribution in [0.3, 0.4) is 0 Å². The Hall–Kier alpha value is -3.52. The Morgan fingerprint density at radius 3 is 2.40 bits per heavy atom. The maximum atomic E-state index is 14.1. The average Bonchev–Trinajstić information content (AvgIpc) is 3.01. The summed E-state index contributed by atoms with van der Waals surface area (Å²) in [5, 5.41) is 10.3. The number of benzene rings is 2. The Kier molecular flexibility index (Phi) is 7.03. The van der Waals surface area contributed by atoms with Crippen LogP contribution >= 0.6 is 11.8 Å². The number of aliphatic carboxylic acids is 1. The van der Waals surface area contributed by atoms with Gasteiger partial charge in [-0.15, -0.1) is 11.8 Å². The quantitative estimate of drug-likeness (QED) is 0.455. The number of carbonyl (C=O) groups is 1. The van der Waals surface area contributed by atoms with Crippen molar-refractivity contribution in [3.05, 3.63) is 81.3 Å². The minimum Gasteiger partial charge on any atom is -0.493 e. The van der Waals surface area contributed by atoms with E-state index >= 15 is 0 Å². The summed E-state index contributed by atoms with van der Waals surface area (Å²) in [5.41, 5.74) is 2.83. The van der Waals surface area contributed by atoms with Gasteiger partial charge in [0.05, 0.1) is 32.1 Å². The maximum absolute atomic E-state index is 14.1. The van der Waals surface area contributed by atoms with Gasteiger partial charge in [0.1, 0.15) is 5.82 Å². The summed E-state index contributed by atoms with van der Waals surface area (Å²) in [6, 6.07) is 12.4. The molecule has 1 aliphatic carbocycles. The van der Waals surface area contributed by atoms with Crippen molar-refractivity contribution in [3.8, 4) is 28.4 Å². The van der Waals surface area contributed by atoms with E-state index in [1.165, 1.54) is 57.4 Å². The van der Waals surface area contributed by atoms with Gasteiger partial charge in [0, 0.05) is 11.5 Å². The number of hydrogen-bond acceptors (Lipinski definition) is 6. The number of methoxy groups -OCH3 is 3. The standard InChI is InChI=1S/C27H25FO6S/c1-32-21-12-15-11-19(24(27(30)31)14-6-5-7-16(28)10-14)18-13-20(29)22(35-4)9-8-17(18)23(15)26(34-3)25(21)33-2/h5-10,12-13,19,24H,11H2,1-4H3,(H,30,31). The number of thioether (sulfide) groups is 1. The highest BCUT2D eigenvalue weighted by atomic mass is 32.2. The SMILES string of the molecule is COc1cc2c(c(OC)c1OC)-c1ccc(SC)c(=O)cc1C(C(C(=O)O)c1cccc(F)c1)C2. The average molecular weight is 497 g/mol. The molecular formula is C27H25FO6S. The number of rotatable bonds is 7. The molecule has 2 unspecified atom stereocenters. The second-order valence-corrected chi connectivity index (χ2v) is 8.99. The van der Waals surface area contributed by atoms with Gasteiger partial charge in [-0.1, -0.05) is 18.2 Å². The van der Waals surface area contributed by atoms with Gasteiger partial charge in [-0.3, -0.25) is 9.59 Å². The second-order valence-electron chi connectivity index (χ2n) is 8.14. The van der Waals surface area contributed by atoms with Crippen molar-refractivity contribution in [3.63, 3.8) is 0 Å². The zero-order valence-electron chi connectivity index (χ0n) is 19.8. The minimum atomic E-state index is -1.11. The van der Waals surface area contributed by atoms with Gasteiger partial charge in [0.25, 0.3) is 0 Å². The van der Waals surface area contributed by atoms with E-state index in [1.807, 2.05) is 12.3 Å². The first kappa shape index (κ1) is 24.6. The summed E-state index contributed by atoms with van der Waals surface area (Å²) in [7, 11) is 4.54. The summed E-state index contributed by atoms with van der Waals surface area (Å²) < 4.78 is 30.9. The van der Waals surface area contributed by atoms with Gasteiger partial charge >= 0.3 is 5.97 Å². The summed E-state index contributed by atoms with van der Waals surface area (Å²) in [6.07, 6.45) is 2.08. The molecule has 4 rings (SSSR count). The molecule has 0 saturated carbocycles. The molecule has 3 aromatic carbocycles. The lowest BCUT2D eigenvalue weighted by atomic mass is 9.71. The molecular weight excluding hydrogens is 471 g/mol. The van der Waals surface area contributed by atoms with E-state index in [-0.39, 0.29) is 11.8 Å². The minimum absolute atomic E-state index is 0.213. The number of halogens is 1. The van der Waals surface area contributed by atoms with Crippen LogP contribution in [-0.4, -0.2) is 38.7 Å². The van der Waals surface area contributed by atoms with Gasteiger partial charge in [0.15, 0.2) is 16.9 Å². The first-order chi connectivity index (χ1) is 16.8. The molecule has 6 nitrogen and oxygen atoms in total. The number of ether oxygens (including phenoxy) is 3. The Labute approximate surface area is 206 Å². The number of carboxylic acids is 1. The Morgan fingerprint density at radius 2 is 1.80 bits per heavy atom. The Balaban J connectivity index is 2.08. The van der Waals surface area contributed by atoms with Crippen LogP contribution in [-0.2, 0) is 11.2 Å². The molecule has 0 spiro atoms. The number of hydrogen-bond donors (Lipinski definition) is 1. The van der Waals surface area contributed by atoms with Gasteiger partial charge in [0.2, 0.25) is 5.75 Å². The number of fused-ring (bicyclic) bond motifs is 3. The Bertz CT molecular complexity index is 1360. The molecule has 0 aromatic heterocycles. The van der Waals surface area contributed by atoms with Crippen LogP contribution in [0.5, 0.6) is 17.2 Å². The predicted octanol–water partition coefficient (Wildman–Crippen LogP) is 5.11. The molecule has 182 valence electrons. The van der Waals surface area contributed by atoms with Gasteiger partial charge < -0.3 is 19.3 Å². The molecule has 35 heavy (non-hydrogen) atoms.